The first-order valence-electron chi connectivity index (χ1n) is 6.23. The first-order chi connectivity index (χ1) is 8.82. The Balaban J connectivity index is 2.83. The number of halogens is 1. The molecule has 0 radical (unpaired) electrons. The van der Waals surface area contributed by atoms with Crippen LogP contribution in [0.5, 0.6) is 0 Å². The zero-order valence-corrected chi connectivity index (χ0v) is 11.5. The van der Waals surface area contributed by atoms with Gasteiger partial charge < -0.3 is 10.6 Å². The average molecular weight is 269 g/mol. The molecular formula is C13H20FN3O2. The van der Waals surface area contributed by atoms with E-state index in [0.29, 0.717) is 18.9 Å². The van der Waals surface area contributed by atoms with E-state index < -0.39 is 10.7 Å². The molecule has 0 saturated heterocycles. The smallest absolute Gasteiger partial charge is 0.292 e. The summed E-state index contributed by atoms with van der Waals surface area (Å²) in [6.07, 6.45) is 0.696. The minimum atomic E-state index is -0.506. The standard InChI is InChI=1S/C13H20FN3O2/c1-9(2)11(15)6-7-16(3)13-8-10(14)4-5-12(13)17(18)19/h4-5,8-9,11H,6-7,15H2,1-3H3. The van der Waals surface area contributed by atoms with Crippen molar-refractivity contribution in [2.75, 3.05) is 18.5 Å². The van der Waals surface area contributed by atoms with E-state index in [2.05, 4.69) is 0 Å². The van der Waals surface area contributed by atoms with E-state index in [-0.39, 0.29) is 17.4 Å². The maximum absolute atomic E-state index is 13.2. The Labute approximate surface area is 112 Å². The van der Waals surface area contributed by atoms with E-state index in [4.69, 9.17) is 5.73 Å². The molecule has 0 aliphatic rings. The Morgan fingerprint density at radius 1 is 1.47 bits per heavy atom. The van der Waals surface area contributed by atoms with Crippen LogP contribution in [0.25, 0.3) is 0 Å². The molecule has 0 heterocycles. The topological polar surface area (TPSA) is 72.4 Å². The van der Waals surface area contributed by atoms with Gasteiger partial charge in [0, 0.05) is 31.8 Å². The monoisotopic (exact) mass is 269 g/mol. The number of benzene rings is 1. The Morgan fingerprint density at radius 3 is 2.63 bits per heavy atom. The fourth-order valence-electron chi connectivity index (χ4n) is 1.75. The van der Waals surface area contributed by atoms with Gasteiger partial charge in [-0.2, -0.15) is 0 Å². The summed E-state index contributed by atoms with van der Waals surface area (Å²) >= 11 is 0. The second-order valence-electron chi connectivity index (χ2n) is 5.01. The molecule has 106 valence electrons. The number of hydrogen-bond acceptors (Lipinski definition) is 4. The van der Waals surface area contributed by atoms with Crippen molar-refractivity contribution in [3.05, 3.63) is 34.1 Å². The van der Waals surface area contributed by atoms with Crippen LogP contribution < -0.4 is 10.6 Å². The van der Waals surface area contributed by atoms with Gasteiger partial charge in [-0.15, -0.1) is 0 Å². The molecule has 0 saturated carbocycles. The molecule has 0 aliphatic carbocycles. The molecule has 1 rings (SSSR count). The molecule has 0 fully saturated rings. The largest absolute Gasteiger partial charge is 0.369 e. The molecule has 6 heteroatoms. The van der Waals surface area contributed by atoms with Crippen molar-refractivity contribution >= 4 is 11.4 Å². The maximum atomic E-state index is 13.2. The van der Waals surface area contributed by atoms with Crippen molar-refractivity contribution in [2.24, 2.45) is 11.7 Å². The van der Waals surface area contributed by atoms with Crippen molar-refractivity contribution in [2.45, 2.75) is 26.3 Å². The van der Waals surface area contributed by atoms with E-state index >= 15 is 0 Å². The molecular weight excluding hydrogens is 249 g/mol. The van der Waals surface area contributed by atoms with Gasteiger partial charge in [0.15, 0.2) is 0 Å². The third kappa shape index (κ3) is 4.17. The molecule has 1 atom stereocenters. The van der Waals surface area contributed by atoms with Crippen LogP contribution in [0, 0.1) is 21.8 Å². The van der Waals surface area contributed by atoms with Gasteiger partial charge in [0.25, 0.3) is 5.69 Å². The maximum Gasteiger partial charge on any atom is 0.292 e. The molecule has 1 aromatic rings. The lowest BCUT2D eigenvalue weighted by molar-refractivity contribution is -0.384. The third-order valence-electron chi connectivity index (χ3n) is 3.20. The SMILES string of the molecule is CC(C)C(N)CCN(C)c1cc(F)ccc1[N+](=O)[O-]. The summed E-state index contributed by atoms with van der Waals surface area (Å²) in [6.45, 7) is 4.59. The lowest BCUT2D eigenvalue weighted by Gasteiger charge is -2.22. The lowest BCUT2D eigenvalue weighted by atomic mass is 10.0. The number of hydrogen-bond donors (Lipinski definition) is 1. The summed E-state index contributed by atoms with van der Waals surface area (Å²) < 4.78 is 13.2. The molecule has 0 spiro atoms. The Morgan fingerprint density at radius 2 is 2.11 bits per heavy atom. The zero-order valence-electron chi connectivity index (χ0n) is 11.5. The number of nitro benzene ring substituents is 1. The van der Waals surface area contributed by atoms with Crippen LogP contribution >= 0.6 is 0 Å². The molecule has 0 bridgehead atoms. The first kappa shape index (κ1) is 15.4. The molecule has 1 aromatic carbocycles. The average Bonchev–Trinajstić information content (AvgIpc) is 2.34. The van der Waals surface area contributed by atoms with Gasteiger partial charge in [0.1, 0.15) is 11.5 Å². The van der Waals surface area contributed by atoms with Crippen LogP contribution in [0.1, 0.15) is 20.3 Å². The molecule has 19 heavy (non-hydrogen) atoms. The summed E-state index contributed by atoms with van der Waals surface area (Å²) in [4.78, 5) is 12.1. The van der Waals surface area contributed by atoms with Crippen molar-refractivity contribution in [1.29, 1.82) is 0 Å². The second-order valence-corrected chi connectivity index (χ2v) is 5.01. The Hall–Kier alpha value is -1.69. The highest BCUT2D eigenvalue weighted by Gasteiger charge is 2.18. The van der Waals surface area contributed by atoms with Crippen LogP contribution in [0.2, 0.25) is 0 Å². The Kier molecular flexibility index (Phi) is 5.23. The van der Waals surface area contributed by atoms with Crippen molar-refractivity contribution < 1.29 is 9.31 Å². The fraction of sp³-hybridized carbons (Fsp3) is 0.538. The van der Waals surface area contributed by atoms with E-state index in [1.807, 2.05) is 13.8 Å². The summed E-state index contributed by atoms with van der Waals surface area (Å²) in [6, 6.07) is 3.48. The van der Waals surface area contributed by atoms with Gasteiger partial charge in [-0.25, -0.2) is 4.39 Å². The van der Waals surface area contributed by atoms with Crippen LogP contribution in [0.4, 0.5) is 15.8 Å². The van der Waals surface area contributed by atoms with Gasteiger partial charge in [0.05, 0.1) is 4.92 Å². The fourth-order valence-corrected chi connectivity index (χ4v) is 1.75. The predicted octanol–water partition coefficient (Wildman–Crippen LogP) is 2.54. The second kappa shape index (κ2) is 6.47. The highest BCUT2D eigenvalue weighted by atomic mass is 19.1. The molecule has 0 aromatic heterocycles. The van der Waals surface area contributed by atoms with Gasteiger partial charge in [-0.3, -0.25) is 10.1 Å². The lowest BCUT2D eigenvalue weighted by Crippen LogP contribution is -2.32. The summed E-state index contributed by atoms with van der Waals surface area (Å²) in [5.41, 5.74) is 6.12. The normalized spacial score (nSPS) is 12.5. The first-order valence-corrected chi connectivity index (χ1v) is 6.23. The highest BCUT2D eigenvalue weighted by molar-refractivity contribution is 5.62. The molecule has 5 nitrogen and oxygen atoms in total. The highest BCUT2D eigenvalue weighted by Crippen LogP contribution is 2.28. The van der Waals surface area contributed by atoms with E-state index in [9.17, 15) is 14.5 Å². The molecule has 0 aliphatic heterocycles. The van der Waals surface area contributed by atoms with Crippen molar-refractivity contribution in [3.63, 3.8) is 0 Å². The molecule has 1 unspecified atom stereocenters. The van der Waals surface area contributed by atoms with Gasteiger partial charge in [0.2, 0.25) is 0 Å². The van der Waals surface area contributed by atoms with Crippen LogP contribution in [0.15, 0.2) is 18.2 Å². The zero-order chi connectivity index (χ0) is 14.6. The van der Waals surface area contributed by atoms with Crippen molar-refractivity contribution in [3.8, 4) is 0 Å². The predicted molar refractivity (Wildman–Crippen MR) is 73.8 cm³/mol. The minimum Gasteiger partial charge on any atom is -0.369 e. The van der Waals surface area contributed by atoms with E-state index in [1.54, 1.807) is 11.9 Å². The summed E-state index contributed by atoms with van der Waals surface area (Å²) in [5.74, 6) is -0.142. The number of rotatable bonds is 6. The number of anilines is 1. The summed E-state index contributed by atoms with van der Waals surface area (Å²) in [7, 11) is 1.70. The number of nitrogens with zero attached hydrogens (tertiary/aromatic N) is 2. The van der Waals surface area contributed by atoms with Crippen molar-refractivity contribution in [1.82, 2.24) is 0 Å². The van der Waals surface area contributed by atoms with Gasteiger partial charge in [-0.05, 0) is 18.4 Å². The number of nitrogens with two attached hydrogens (primary N) is 1. The number of nitro groups is 1. The molecule has 0 amide bonds. The van der Waals surface area contributed by atoms with E-state index in [0.717, 1.165) is 6.07 Å². The van der Waals surface area contributed by atoms with Crippen LogP contribution in [-0.4, -0.2) is 24.6 Å². The third-order valence-corrected chi connectivity index (χ3v) is 3.20. The Bertz CT molecular complexity index is 452. The van der Waals surface area contributed by atoms with Gasteiger partial charge >= 0.3 is 0 Å². The molecule has 2 N–H and O–H groups in total. The quantitative estimate of drug-likeness (QED) is 0.636. The minimum absolute atomic E-state index is 0.0232. The van der Waals surface area contributed by atoms with Crippen LogP contribution in [-0.2, 0) is 0 Å². The van der Waals surface area contributed by atoms with Gasteiger partial charge in [-0.1, -0.05) is 13.8 Å². The summed E-state index contributed by atoms with van der Waals surface area (Å²) in [5, 5.41) is 10.9. The van der Waals surface area contributed by atoms with Crippen LogP contribution in [0.3, 0.4) is 0 Å². The van der Waals surface area contributed by atoms with E-state index in [1.165, 1.54) is 12.1 Å².